The van der Waals surface area contributed by atoms with Gasteiger partial charge in [0.05, 0.1) is 5.60 Å². The lowest BCUT2D eigenvalue weighted by Crippen LogP contribution is -2.46. The Labute approximate surface area is 138 Å². The van der Waals surface area contributed by atoms with Crippen molar-refractivity contribution < 1.29 is 9.90 Å². The molecule has 2 aromatic carbocycles. The van der Waals surface area contributed by atoms with Crippen LogP contribution in [0.15, 0.2) is 53.0 Å². The van der Waals surface area contributed by atoms with Crippen LogP contribution >= 0.6 is 15.9 Å². The zero-order chi connectivity index (χ0) is 15.6. The quantitative estimate of drug-likeness (QED) is 0.884. The van der Waals surface area contributed by atoms with Gasteiger partial charge < -0.3 is 10.4 Å². The molecule has 3 rings (SSSR count). The maximum atomic E-state index is 12.1. The fourth-order valence-electron chi connectivity index (χ4n) is 2.88. The first-order valence-electron chi connectivity index (χ1n) is 7.39. The standard InChI is InChI=1S/C18H18BrNO2/c19-16-7-5-14(6-8-16)17(21)20-12-18(22)10-9-13-3-1-2-4-15(13)11-18/h1-8,22H,9-12H2,(H,20,21). The van der Waals surface area contributed by atoms with Crippen molar-refractivity contribution in [3.63, 3.8) is 0 Å². The molecule has 1 unspecified atom stereocenters. The van der Waals surface area contributed by atoms with Gasteiger partial charge in [0.25, 0.3) is 5.91 Å². The van der Waals surface area contributed by atoms with Crippen LogP contribution in [0, 0.1) is 0 Å². The number of halogens is 1. The largest absolute Gasteiger partial charge is 0.388 e. The third-order valence-corrected chi connectivity index (χ3v) is 4.71. The van der Waals surface area contributed by atoms with Gasteiger partial charge in [-0.1, -0.05) is 40.2 Å². The number of hydrogen-bond acceptors (Lipinski definition) is 2. The number of carbonyl (C=O) groups excluding carboxylic acids is 1. The molecule has 114 valence electrons. The van der Waals surface area contributed by atoms with Gasteiger partial charge in [-0.15, -0.1) is 0 Å². The van der Waals surface area contributed by atoms with Crippen LogP contribution in [0.25, 0.3) is 0 Å². The van der Waals surface area contributed by atoms with E-state index in [1.165, 1.54) is 11.1 Å². The molecule has 0 fully saturated rings. The van der Waals surface area contributed by atoms with Crippen LogP contribution in [-0.2, 0) is 12.8 Å². The van der Waals surface area contributed by atoms with Crippen LogP contribution in [0.1, 0.15) is 27.9 Å². The summed E-state index contributed by atoms with van der Waals surface area (Å²) in [5, 5.41) is 13.6. The number of rotatable bonds is 3. The second-order valence-electron chi connectivity index (χ2n) is 5.86. The predicted molar refractivity (Wildman–Crippen MR) is 89.9 cm³/mol. The van der Waals surface area contributed by atoms with Gasteiger partial charge in [0.1, 0.15) is 0 Å². The Kier molecular flexibility index (Phi) is 4.32. The van der Waals surface area contributed by atoms with E-state index in [2.05, 4.69) is 33.4 Å². The van der Waals surface area contributed by atoms with E-state index < -0.39 is 5.60 Å². The summed E-state index contributed by atoms with van der Waals surface area (Å²) in [5.74, 6) is -0.153. The highest BCUT2D eigenvalue weighted by atomic mass is 79.9. The van der Waals surface area contributed by atoms with Crippen molar-refractivity contribution in [3.05, 3.63) is 69.7 Å². The maximum absolute atomic E-state index is 12.1. The second-order valence-corrected chi connectivity index (χ2v) is 6.78. The molecule has 0 heterocycles. The lowest BCUT2D eigenvalue weighted by molar-refractivity contribution is 0.0260. The number of aryl methyl sites for hydroxylation is 1. The number of carbonyl (C=O) groups is 1. The highest BCUT2D eigenvalue weighted by Gasteiger charge is 2.32. The first-order chi connectivity index (χ1) is 10.6. The summed E-state index contributed by atoms with van der Waals surface area (Å²) >= 11 is 3.35. The third kappa shape index (κ3) is 3.39. The summed E-state index contributed by atoms with van der Waals surface area (Å²) in [4.78, 5) is 12.1. The highest BCUT2D eigenvalue weighted by Crippen LogP contribution is 2.28. The first kappa shape index (κ1) is 15.3. The number of aliphatic hydroxyl groups is 1. The van der Waals surface area contributed by atoms with Crippen molar-refractivity contribution in [2.45, 2.75) is 24.9 Å². The van der Waals surface area contributed by atoms with E-state index in [1.54, 1.807) is 12.1 Å². The van der Waals surface area contributed by atoms with Gasteiger partial charge in [-0.3, -0.25) is 4.79 Å². The van der Waals surface area contributed by atoms with E-state index in [0.717, 1.165) is 10.9 Å². The van der Waals surface area contributed by atoms with Crippen molar-refractivity contribution >= 4 is 21.8 Å². The Morgan fingerprint density at radius 1 is 1.14 bits per heavy atom. The van der Waals surface area contributed by atoms with Crippen LogP contribution in [0.5, 0.6) is 0 Å². The molecule has 0 aliphatic heterocycles. The van der Waals surface area contributed by atoms with Gasteiger partial charge in [0.2, 0.25) is 0 Å². The molecular weight excluding hydrogens is 342 g/mol. The van der Waals surface area contributed by atoms with Crippen molar-refractivity contribution in [2.75, 3.05) is 6.54 Å². The molecule has 4 heteroatoms. The Bertz CT molecular complexity index is 684. The molecule has 0 saturated carbocycles. The monoisotopic (exact) mass is 359 g/mol. The van der Waals surface area contributed by atoms with Gasteiger partial charge in [-0.2, -0.15) is 0 Å². The van der Waals surface area contributed by atoms with Gasteiger partial charge in [0.15, 0.2) is 0 Å². The molecule has 1 amide bonds. The summed E-state index contributed by atoms with van der Waals surface area (Å²) in [5.41, 5.74) is 2.21. The average molecular weight is 360 g/mol. The lowest BCUT2D eigenvalue weighted by Gasteiger charge is -2.33. The molecule has 2 N–H and O–H groups in total. The van der Waals surface area contributed by atoms with Crippen LogP contribution in [0.2, 0.25) is 0 Å². The molecule has 1 atom stereocenters. The summed E-state index contributed by atoms with van der Waals surface area (Å²) in [6.45, 7) is 0.274. The minimum absolute atomic E-state index is 0.153. The van der Waals surface area contributed by atoms with Gasteiger partial charge in [-0.25, -0.2) is 0 Å². The van der Waals surface area contributed by atoms with Crippen molar-refractivity contribution in [2.24, 2.45) is 0 Å². The van der Waals surface area contributed by atoms with Crippen molar-refractivity contribution in [1.82, 2.24) is 5.32 Å². The summed E-state index contributed by atoms with van der Waals surface area (Å²) in [6.07, 6.45) is 2.11. The number of hydrogen-bond donors (Lipinski definition) is 2. The number of nitrogens with one attached hydrogen (secondary N) is 1. The summed E-state index contributed by atoms with van der Waals surface area (Å²) < 4.78 is 0.937. The van der Waals surface area contributed by atoms with E-state index in [4.69, 9.17) is 0 Å². The Hall–Kier alpha value is -1.65. The zero-order valence-corrected chi connectivity index (χ0v) is 13.8. The van der Waals surface area contributed by atoms with E-state index in [9.17, 15) is 9.90 Å². The molecule has 1 aliphatic rings. The van der Waals surface area contributed by atoms with Gasteiger partial charge in [0, 0.05) is 23.0 Å². The van der Waals surface area contributed by atoms with Crippen molar-refractivity contribution in [1.29, 1.82) is 0 Å². The molecule has 2 aromatic rings. The van der Waals surface area contributed by atoms with Gasteiger partial charge >= 0.3 is 0 Å². The molecule has 0 saturated heterocycles. The molecule has 0 bridgehead atoms. The second kappa shape index (κ2) is 6.23. The van der Waals surface area contributed by atoms with Crippen LogP contribution < -0.4 is 5.32 Å². The number of benzene rings is 2. The van der Waals surface area contributed by atoms with Crippen molar-refractivity contribution in [3.8, 4) is 0 Å². The number of fused-ring (bicyclic) bond motifs is 1. The maximum Gasteiger partial charge on any atom is 0.251 e. The number of amides is 1. The zero-order valence-electron chi connectivity index (χ0n) is 12.2. The predicted octanol–water partition coefficient (Wildman–Crippen LogP) is 3.10. The lowest BCUT2D eigenvalue weighted by atomic mass is 9.80. The molecule has 22 heavy (non-hydrogen) atoms. The third-order valence-electron chi connectivity index (χ3n) is 4.18. The van der Waals surface area contributed by atoms with E-state index >= 15 is 0 Å². The first-order valence-corrected chi connectivity index (χ1v) is 8.18. The minimum Gasteiger partial charge on any atom is -0.388 e. The summed E-state index contributed by atoms with van der Waals surface area (Å²) in [7, 11) is 0. The normalized spacial score (nSPS) is 20.3. The van der Waals surface area contributed by atoms with Crippen LogP contribution in [-0.4, -0.2) is 23.2 Å². The Balaban J connectivity index is 1.64. The molecular formula is C18H18BrNO2. The molecule has 3 nitrogen and oxygen atoms in total. The Morgan fingerprint density at radius 2 is 1.82 bits per heavy atom. The molecule has 0 radical (unpaired) electrons. The van der Waals surface area contributed by atoms with E-state index in [-0.39, 0.29) is 12.5 Å². The highest BCUT2D eigenvalue weighted by molar-refractivity contribution is 9.10. The summed E-state index contributed by atoms with van der Waals surface area (Å²) in [6, 6.07) is 15.4. The molecule has 0 spiro atoms. The topological polar surface area (TPSA) is 49.3 Å². The average Bonchev–Trinajstić information content (AvgIpc) is 2.53. The van der Waals surface area contributed by atoms with E-state index in [1.807, 2.05) is 24.3 Å². The molecule has 1 aliphatic carbocycles. The van der Waals surface area contributed by atoms with Crippen LogP contribution in [0.3, 0.4) is 0 Å². The Morgan fingerprint density at radius 3 is 2.55 bits per heavy atom. The smallest absolute Gasteiger partial charge is 0.251 e. The minimum atomic E-state index is -0.862. The van der Waals surface area contributed by atoms with Crippen LogP contribution in [0.4, 0.5) is 0 Å². The fraction of sp³-hybridized carbons (Fsp3) is 0.278. The van der Waals surface area contributed by atoms with E-state index in [0.29, 0.717) is 18.4 Å². The molecule has 0 aromatic heterocycles. The fourth-order valence-corrected chi connectivity index (χ4v) is 3.15. The SMILES string of the molecule is O=C(NCC1(O)CCc2ccccc2C1)c1ccc(Br)cc1. The van der Waals surface area contributed by atoms with Gasteiger partial charge in [-0.05, 0) is 48.2 Å².